The standard InChI is InChI=1S/C23H29N3O2S/c1-17-8-7-13-24-20(17)15-26-23(28)19-11-5-6-12-21(19)29-16-22(27)25-14-18-9-3-2-4-10-18/h5-8,11-13,18H,2-4,9-10,14-16H2,1H3,(H,25,27)(H,26,28). The fourth-order valence-electron chi connectivity index (χ4n) is 3.59. The van der Waals surface area contributed by atoms with Crippen LogP contribution in [0.1, 0.15) is 53.7 Å². The van der Waals surface area contributed by atoms with Gasteiger partial charge in [-0.25, -0.2) is 0 Å². The molecule has 0 bridgehead atoms. The summed E-state index contributed by atoms with van der Waals surface area (Å²) in [6.45, 7) is 3.13. The molecular formula is C23H29N3O2S. The van der Waals surface area contributed by atoms with E-state index in [1.165, 1.54) is 43.9 Å². The van der Waals surface area contributed by atoms with E-state index in [9.17, 15) is 9.59 Å². The Morgan fingerprint density at radius 3 is 2.66 bits per heavy atom. The first-order valence-corrected chi connectivity index (χ1v) is 11.3. The minimum atomic E-state index is -0.152. The van der Waals surface area contributed by atoms with Gasteiger partial charge in [-0.15, -0.1) is 11.8 Å². The monoisotopic (exact) mass is 411 g/mol. The summed E-state index contributed by atoms with van der Waals surface area (Å²) in [4.78, 5) is 30.0. The summed E-state index contributed by atoms with van der Waals surface area (Å²) < 4.78 is 0. The van der Waals surface area contributed by atoms with E-state index in [4.69, 9.17) is 0 Å². The molecule has 2 N–H and O–H groups in total. The van der Waals surface area contributed by atoms with Crippen LogP contribution in [-0.2, 0) is 11.3 Å². The molecule has 2 aromatic rings. The van der Waals surface area contributed by atoms with Crippen molar-refractivity contribution >= 4 is 23.6 Å². The third-order valence-corrected chi connectivity index (χ3v) is 6.41. The lowest BCUT2D eigenvalue weighted by molar-refractivity contribution is -0.118. The van der Waals surface area contributed by atoms with Crippen molar-refractivity contribution in [1.29, 1.82) is 0 Å². The van der Waals surface area contributed by atoms with Crippen LogP contribution in [0.4, 0.5) is 0 Å². The van der Waals surface area contributed by atoms with Gasteiger partial charge in [0.05, 0.1) is 23.6 Å². The molecule has 29 heavy (non-hydrogen) atoms. The molecule has 2 amide bonds. The minimum Gasteiger partial charge on any atom is -0.355 e. The molecule has 0 saturated heterocycles. The number of pyridine rings is 1. The number of hydrogen-bond acceptors (Lipinski definition) is 4. The van der Waals surface area contributed by atoms with E-state index in [1.807, 2.05) is 37.3 Å². The van der Waals surface area contributed by atoms with Gasteiger partial charge in [-0.1, -0.05) is 37.5 Å². The zero-order valence-electron chi connectivity index (χ0n) is 16.9. The molecule has 1 aliphatic rings. The summed E-state index contributed by atoms with van der Waals surface area (Å²) in [6, 6.07) is 11.3. The van der Waals surface area contributed by atoms with Gasteiger partial charge in [0.25, 0.3) is 5.91 Å². The Balaban J connectivity index is 1.50. The molecule has 5 nitrogen and oxygen atoms in total. The maximum atomic E-state index is 12.7. The second-order valence-electron chi connectivity index (χ2n) is 7.54. The molecule has 154 valence electrons. The molecule has 6 heteroatoms. The van der Waals surface area contributed by atoms with E-state index in [1.54, 1.807) is 12.3 Å². The van der Waals surface area contributed by atoms with Crippen LogP contribution in [0.5, 0.6) is 0 Å². The normalized spacial score (nSPS) is 14.4. The molecule has 1 aromatic heterocycles. The highest BCUT2D eigenvalue weighted by molar-refractivity contribution is 8.00. The van der Waals surface area contributed by atoms with E-state index in [-0.39, 0.29) is 11.8 Å². The van der Waals surface area contributed by atoms with E-state index in [0.717, 1.165) is 22.7 Å². The number of rotatable bonds is 8. The Morgan fingerprint density at radius 1 is 1.07 bits per heavy atom. The van der Waals surface area contributed by atoms with Crippen molar-refractivity contribution in [3.63, 3.8) is 0 Å². The molecule has 1 heterocycles. The molecule has 1 aliphatic carbocycles. The number of hydrogen-bond donors (Lipinski definition) is 2. The van der Waals surface area contributed by atoms with Gasteiger partial charge < -0.3 is 10.6 Å². The smallest absolute Gasteiger partial charge is 0.252 e. The van der Waals surface area contributed by atoms with Crippen LogP contribution in [0.25, 0.3) is 0 Å². The van der Waals surface area contributed by atoms with Gasteiger partial charge in [-0.2, -0.15) is 0 Å². The van der Waals surface area contributed by atoms with Crippen molar-refractivity contribution in [1.82, 2.24) is 15.6 Å². The van der Waals surface area contributed by atoms with Gasteiger partial charge in [0.15, 0.2) is 0 Å². The highest BCUT2D eigenvalue weighted by atomic mass is 32.2. The van der Waals surface area contributed by atoms with Crippen LogP contribution in [0.2, 0.25) is 0 Å². The van der Waals surface area contributed by atoms with Crippen molar-refractivity contribution in [2.45, 2.75) is 50.5 Å². The molecule has 0 unspecified atom stereocenters. The Morgan fingerprint density at radius 2 is 1.86 bits per heavy atom. The van der Waals surface area contributed by atoms with Gasteiger partial charge >= 0.3 is 0 Å². The lowest BCUT2D eigenvalue weighted by atomic mass is 9.89. The van der Waals surface area contributed by atoms with Gasteiger partial charge in [0.1, 0.15) is 0 Å². The summed E-state index contributed by atoms with van der Waals surface area (Å²) in [6.07, 6.45) is 8.02. The van der Waals surface area contributed by atoms with Crippen molar-refractivity contribution in [3.8, 4) is 0 Å². The quantitative estimate of drug-likeness (QED) is 0.642. The number of aryl methyl sites for hydroxylation is 1. The first kappa shape index (κ1) is 21.4. The Bertz CT molecular complexity index is 834. The number of amides is 2. The summed E-state index contributed by atoms with van der Waals surface area (Å²) >= 11 is 1.41. The number of benzene rings is 1. The molecule has 0 aliphatic heterocycles. The third kappa shape index (κ3) is 6.60. The van der Waals surface area contributed by atoms with Gasteiger partial charge in [0, 0.05) is 17.6 Å². The zero-order chi connectivity index (χ0) is 20.5. The minimum absolute atomic E-state index is 0.0277. The Labute approximate surface area is 177 Å². The number of nitrogens with zero attached hydrogens (tertiary/aromatic N) is 1. The SMILES string of the molecule is Cc1cccnc1CNC(=O)c1ccccc1SCC(=O)NCC1CCCCC1. The molecule has 3 rings (SSSR count). The van der Waals surface area contributed by atoms with E-state index in [2.05, 4.69) is 15.6 Å². The molecule has 0 atom stereocenters. The first-order valence-electron chi connectivity index (χ1n) is 10.3. The van der Waals surface area contributed by atoms with Crippen LogP contribution in [0.3, 0.4) is 0 Å². The molecule has 0 radical (unpaired) electrons. The maximum absolute atomic E-state index is 12.7. The van der Waals surface area contributed by atoms with Gasteiger partial charge in [0.2, 0.25) is 5.91 Å². The predicted molar refractivity (Wildman–Crippen MR) is 117 cm³/mol. The molecule has 0 spiro atoms. The maximum Gasteiger partial charge on any atom is 0.252 e. The average Bonchev–Trinajstić information content (AvgIpc) is 2.76. The van der Waals surface area contributed by atoms with E-state index < -0.39 is 0 Å². The van der Waals surface area contributed by atoms with Crippen LogP contribution in [0.15, 0.2) is 47.5 Å². The number of nitrogens with one attached hydrogen (secondary N) is 2. The second kappa shape index (κ2) is 11.0. The fraction of sp³-hybridized carbons (Fsp3) is 0.435. The summed E-state index contributed by atoms with van der Waals surface area (Å²) in [7, 11) is 0. The highest BCUT2D eigenvalue weighted by Crippen LogP contribution is 2.24. The number of thioether (sulfide) groups is 1. The van der Waals surface area contributed by atoms with E-state index >= 15 is 0 Å². The van der Waals surface area contributed by atoms with Gasteiger partial charge in [-0.3, -0.25) is 14.6 Å². The average molecular weight is 412 g/mol. The van der Waals surface area contributed by atoms with Crippen LogP contribution >= 0.6 is 11.8 Å². The van der Waals surface area contributed by atoms with Crippen molar-refractivity contribution in [2.75, 3.05) is 12.3 Å². The topological polar surface area (TPSA) is 71.1 Å². The molecule has 1 aromatic carbocycles. The highest BCUT2D eigenvalue weighted by Gasteiger charge is 2.16. The molecular weight excluding hydrogens is 382 g/mol. The van der Waals surface area contributed by atoms with Crippen molar-refractivity contribution < 1.29 is 9.59 Å². The number of aromatic nitrogens is 1. The Kier molecular flexibility index (Phi) is 8.11. The number of carbonyl (C=O) groups is 2. The predicted octanol–water partition coefficient (Wildman–Crippen LogP) is 4.11. The van der Waals surface area contributed by atoms with Crippen molar-refractivity contribution in [2.24, 2.45) is 5.92 Å². The van der Waals surface area contributed by atoms with E-state index in [0.29, 0.717) is 23.8 Å². The second-order valence-corrected chi connectivity index (χ2v) is 8.56. The molecule has 1 fully saturated rings. The Hall–Kier alpha value is -2.34. The van der Waals surface area contributed by atoms with Crippen molar-refractivity contribution in [3.05, 3.63) is 59.4 Å². The van der Waals surface area contributed by atoms with Crippen LogP contribution < -0.4 is 10.6 Å². The lowest BCUT2D eigenvalue weighted by Crippen LogP contribution is -2.31. The summed E-state index contributed by atoms with van der Waals surface area (Å²) in [5.41, 5.74) is 2.49. The van der Waals surface area contributed by atoms with Gasteiger partial charge in [-0.05, 0) is 49.4 Å². The lowest BCUT2D eigenvalue weighted by Gasteiger charge is -2.21. The largest absolute Gasteiger partial charge is 0.355 e. The first-order chi connectivity index (χ1) is 14.1. The zero-order valence-corrected chi connectivity index (χ0v) is 17.8. The summed E-state index contributed by atoms with van der Waals surface area (Å²) in [5.74, 6) is 0.808. The van der Waals surface area contributed by atoms with Crippen LogP contribution in [-0.4, -0.2) is 29.1 Å². The third-order valence-electron chi connectivity index (χ3n) is 5.34. The number of carbonyl (C=O) groups excluding carboxylic acids is 2. The summed E-state index contributed by atoms with van der Waals surface area (Å²) in [5, 5.41) is 5.99. The fourth-order valence-corrected chi connectivity index (χ4v) is 4.47. The molecule has 1 saturated carbocycles. The van der Waals surface area contributed by atoms with Crippen LogP contribution in [0, 0.1) is 12.8 Å².